The molecule has 1 saturated heterocycles. The number of carbonyl (C=O) groups excluding carboxylic acids is 1. The normalized spacial score (nSPS) is 28.6. The molecule has 1 aliphatic heterocycles. The first-order chi connectivity index (χ1) is 12.8. The van der Waals surface area contributed by atoms with E-state index in [2.05, 4.69) is 45.4 Å². The van der Waals surface area contributed by atoms with E-state index < -0.39 is 0 Å². The van der Waals surface area contributed by atoms with E-state index in [9.17, 15) is 4.79 Å². The first kappa shape index (κ1) is 16.1. The van der Waals surface area contributed by atoms with E-state index in [1.54, 1.807) is 0 Å². The fraction of sp³-hybridized carbons (Fsp3) is 0.545. The van der Waals surface area contributed by atoms with E-state index in [4.69, 9.17) is 0 Å². The number of nitrogens with one attached hydrogen (secondary N) is 1. The number of aromatic nitrogens is 2. The van der Waals surface area contributed by atoms with Crippen LogP contribution in [0, 0.1) is 5.92 Å². The van der Waals surface area contributed by atoms with Gasteiger partial charge < -0.3 is 4.90 Å². The fourth-order valence-electron chi connectivity index (χ4n) is 5.22. The van der Waals surface area contributed by atoms with Crippen molar-refractivity contribution in [3.8, 4) is 0 Å². The number of hydrogen-bond acceptors (Lipinski definition) is 2. The van der Waals surface area contributed by atoms with Gasteiger partial charge in [-0.25, -0.2) is 0 Å². The average molecular weight is 349 g/mol. The fourth-order valence-corrected chi connectivity index (χ4v) is 5.22. The highest BCUT2D eigenvalue weighted by molar-refractivity contribution is 5.92. The molecule has 1 amide bonds. The van der Waals surface area contributed by atoms with Crippen molar-refractivity contribution in [3.05, 3.63) is 53.3 Å². The number of amides is 1. The van der Waals surface area contributed by atoms with E-state index in [-0.39, 0.29) is 5.91 Å². The highest BCUT2D eigenvalue weighted by Gasteiger charge is 2.42. The molecule has 4 nitrogen and oxygen atoms in total. The molecule has 3 atom stereocenters. The summed E-state index contributed by atoms with van der Waals surface area (Å²) in [4.78, 5) is 15.3. The molecule has 136 valence electrons. The first-order valence-corrected chi connectivity index (χ1v) is 10.2. The van der Waals surface area contributed by atoms with Crippen LogP contribution in [-0.4, -0.2) is 33.6 Å². The Morgan fingerprint density at radius 2 is 1.85 bits per heavy atom. The van der Waals surface area contributed by atoms with Crippen molar-refractivity contribution < 1.29 is 4.79 Å². The maximum Gasteiger partial charge on any atom is 0.274 e. The van der Waals surface area contributed by atoms with Crippen molar-refractivity contribution in [2.75, 3.05) is 6.54 Å². The maximum absolute atomic E-state index is 13.2. The molecule has 0 bridgehead atoms. The molecule has 0 spiro atoms. The monoisotopic (exact) mass is 349 g/mol. The molecule has 2 aromatic rings. The summed E-state index contributed by atoms with van der Waals surface area (Å²) in [5.41, 5.74) is 3.22. The molecule has 1 aromatic carbocycles. The molecule has 1 aromatic heterocycles. The van der Waals surface area contributed by atoms with Crippen LogP contribution in [0.15, 0.2) is 36.4 Å². The largest absolute Gasteiger partial charge is 0.334 e. The Bertz CT molecular complexity index is 780. The molecule has 5 rings (SSSR count). The predicted octanol–water partition coefficient (Wildman–Crippen LogP) is 4.48. The molecule has 0 radical (unpaired) electrons. The third kappa shape index (κ3) is 2.85. The Hall–Kier alpha value is -2.10. The van der Waals surface area contributed by atoms with Crippen LogP contribution in [0.4, 0.5) is 0 Å². The second-order valence-electron chi connectivity index (χ2n) is 8.30. The summed E-state index contributed by atoms with van der Waals surface area (Å²) in [5.74, 6) is 1.92. The first-order valence-electron chi connectivity index (χ1n) is 10.2. The zero-order valence-electron chi connectivity index (χ0n) is 15.2. The Kier molecular flexibility index (Phi) is 4.07. The van der Waals surface area contributed by atoms with E-state index >= 15 is 0 Å². The number of rotatable bonds is 3. The molecule has 3 fully saturated rings. The van der Waals surface area contributed by atoms with E-state index in [1.165, 1.54) is 37.7 Å². The number of fused-ring (bicyclic) bond motifs is 1. The van der Waals surface area contributed by atoms with Gasteiger partial charge in [0, 0.05) is 24.2 Å². The number of benzene rings is 1. The van der Waals surface area contributed by atoms with Gasteiger partial charge in [0.2, 0.25) is 0 Å². The van der Waals surface area contributed by atoms with Crippen LogP contribution in [0.5, 0.6) is 0 Å². The minimum absolute atomic E-state index is 0.136. The highest BCUT2D eigenvalue weighted by Crippen LogP contribution is 2.44. The molecule has 3 aliphatic rings. The lowest BCUT2D eigenvalue weighted by Crippen LogP contribution is -2.52. The zero-order valence-corrected chi connectivity index (χ0v) is 15.2. The number of H-pyrrole nitrogens is 1. The molecule has 4 heteroatoms. The Morgan fingerprint density at radius 1 is 1.04 bits per heavy atom. The quantitative estimate of drug-likeness (QED) is 0.888. The van der Waals surface area contributed by atoms with Crippen LogP contribution in [0.3, 0.4) is 0 Å². The Balaban J connectivity index is 1.39. The minimum atomic E-state index is 0.136. The van der Waals surface area contributed by atoms with Gasteiger partial charge in [0.15, 0.2) is 0 Å². The number of piperidine rings is 1. The van der Waals surface area contributed by atoms with Gasteiger partial charge in [0.25, 0.3) is 5.91 Å². The van der Waals surface area contributed by atoms with Gasteiger partial charge in [-0.05, 0) is 55.6 Å². The number of aromatic amines is 1. The number of nitrogens with zero attached hydrogens (tertiary/aromatic N) is 2. The second-order valence-corrected chi connectivity index (χ2v) is 8.30. The lowest BCUT2D eigenvalue weighted by Gasteiger charge is -2.48. The highest BCUT2D eigenvalue weighted by atomic mass is 16.2. The van der Waals surface area contributed by atoms with Gasteiger partial charge in [-0.1, -0.05) is 43.2 Å². The van der Waals surface area contributed by atoms with E-state index in [0.717, 1.165) is 25.1 Å². The molecule has 0 unspecified atom stereocenters. The van der Waals surface area contributed by atoms with Gasteiger partial charge in [-0.2, -0.15) is 5.10 Å². The van der Waals surface area contributed by atoms with Crippen molar-refractivity contribution in [2.24, 2.45) is 5.92 Å². The van der Waals surface area contributed by atoms with Gasteiger partial charge in [0.1, 0.15) is 5.69 Å². The summed E-state index contributed by atoms with van der Waals surface area (Å²) >= 11 is 0. The zero-order chi connectivity index (χ0) is 17.5. The predicted molar refractivity (Wildman–Crippen MR) is 101 cm³/mol. The molecule has 2 aliphatic carbocycles. The summed E-state index contributed by atoms with van der Waals surface area (Å²) in [6.45, 7) is 0.852. The van der Waals surface area contributed by atoms with Crippen LogP contribution in [0.1, 0.15) is 78.5 Å². The third-order valence-electron chi connectivity index (χ3n) is 6.70. The molecule has 1 N–H and O–H groups in total. The molecular formula is C22H27N3O. The smallest absolute Gasteiger partial charge is 0.274 e. The van der Waals surface area contributed by atoms with Crippen molar-refractivity contribution in [1.29, 1.82) is 0 Å². The topological polar surface area (TPSA) is 49.0 Å². The summed E-state index contributed by atoms with van der Waals surface area (Å²) in [6.07, 6.45) is 8.42. The Labute approximate surface area is 155 Å². The van der Waals surface area contributed by atoms with Gasteiger partial charge in [-0.15, -0.1) is 0 Å². The maximum atomic E-state index is 13.2. The SMILES string of the molecule is O=C(c1cc(C2CC2)[nH]n1)N1CC[C@H](c2ccccc2)[C@H]2CCCC[C@H]21. The number of carbonyl (C=O) groups is 1. The standard InChI is InChI=1S/C22H27N3O/c26-22(20-14-19(23-24-20)16-10-11-16)25-13-12-17(15-6-2-1-3-7-15)18-8-4-5-9-21(18)25/h1-3,6-7,14,16-18,21H,4-5,8-13H2,(H,23,24)/t17-,18-,21-/m1/s1. The van der Waals surface area contributed by atoms with Crippen molar-refractivity contribution in [2.45, 2.75) is 62.8 Å². The molecule has 2 saturated carbocycles. The summed E-state index contributed by atoms with van der Waals surface area (Å²) in [6, 6.07) is 13.3. The van der Waals surface area contributed by atoms with Crippen molar-refractivity contribution in [3.63, 3.8) is 0 Å². The summed E-state index contributed by atoms with van der Waals surface area (Å²) in [7, 11) is 0. The van der Waals surface area contributed by atoms with Gasteiger partial charge in [0.05, 0.1) is 0 Å². The van der Waals surface area contributed by atoms with Crippen LogP contribution in [0.2, 0.25) is 0 Å². The van der Waals surface area contributed by atoms with Crippen molar-refractivity contribution in [1.82, 2.24) is 15.1 Å². The summed E-state index contributed by atoms with van der Waals surface area (Å²) in [5, 5.41) is 7.45. The van der Waals surface area contributed by atoms with Gasteiger partial charge in [-0.3, -0.25) is 9.89 Å². The Morgan fingerprint density at radius 3 is 2.65 bits per heavy atom. The average Bonchev–Trinajstić information content (AvgIpc) is 3.44. The van der Waals surface area contributed by atoms with Gasteiger partial charge >= 0.3 is 0 Å². The van der Waals surface area contributed by atoms with Crippen LogP contribution in [-0.2, 0) is 0 Å². The van der Waals surface area contributed by atoms with Crippen LogP contribution in [0.25, 0.3) is 0 Å². The second kappa shape index (κ2) is 6.57. The van der Waals surface area contributed by atoms with Crippen LogP contribution < -0.4 is 0 Å². The van der Waals surface area contributed by atoms with E-state index in [0.29, 0.717) is 29.5 Å². The van der Waals surface area contributed by atoms with E-state index in [1.807, 2.05) is 6.07 Å². The molecule has 2 heterocycles. The third-order valence-corrected chi connectivity index (χ3v) is 6.70. The van der Waals surface area contributed by atoms with Crippen LogP contribution >= 0.6 is 0 Å². The number of likely N-dealkylation sites (tertiary alicyclic amines) is 1. The minimum Gasteiger partial charge on any atom is -0.334 e. The lowest BCUT2D eigenvalue weighted by molar-refractivity contribution is 0.0314. The molecular weight excluding hydrogens is 322 g/mol. The molecule has 26 heavy (non-hydrogen) atoms. The van der Waals surface area contributed by atoms with Crippen molar-refractivity contribution >= 4 is 5.91 Å². The number of hydrogen-bond donors (Lipinski definition) is 1. The summed E-state index contributed by atoms with van der Waals surface area (Å²) < 4.78 is 0. The lowest BCUT2D eigenvalue weighted by atomic mass is 9.69.